The van der Waals surface area contributed by atoms with Crippen LogP contribution in [0.4, 0.5) is 0 Å². The Morgan fingerprint density at radius 3 is 2.48 bits per heavy atom. The van der Waals surface area contributed by atoms with E-state index in [0.717, 1.165) is 20.7 Å². The van der Waals surface area contributed by atoms with Crippen molar-refractivity contribution in [3.05, 3.63) is 58.6 Å². The van der Waals surface area contributed by atoms with E-state index in [2.05, 4.69) is 15.9 Å². The molecule has 0 radical (unpaired) electrons. The first-order valence-electron chi connectivity index (χ1n) is 6.30. The van der Waals surface area contributed by atoms with Gasteiger partial charge in [0.2, 0.25) is 10.0 Å². The van der Waals surface area contributed by atoms with Gasteiger partial charge >= 0.3 is 0 Å². The summed E-state index contributed by atoms with van der Waals surface area (Å²) in [6.07, 6.45) is 0. The fraction of sp³-hybridized carbons (Fsp3) is 0.200. The van der Waals surface area contributed by atoms with Gasteiger partial charge in [-0.1, -0.05) is 24.3 Å². The van der Waals surface area contributed by atoms with Gasteiger partial charge in [0, 0.05) is 29.2 Å². The van der Waals surface area contributed by atoms with Crippen LogP contribution in [0.25, 0.3) is 0 Å². The molecular formula is C15H16BrNO2S2. The molecule has 0 heterocycles. The average Bonchev–Trinajstić information content (AvgIpc) is 2.46. The molecule has 0 aliphatic rings. The maximum Gasteiger partial charge on any atom is 0.242 e. The lowest BCUT2D eigenvalue weighted by Gasteiger charge is -2.12. The zero-order valence-electron chi connectivity index (χ0n) is 11.8. The Morgan fingerprint density at radius 1 is 1.10 bits per heavy atom. The van der Waals surface area contributed by atoms with E-state index in [1.807, 2.05) is 30.3 Å². The maximum atomic E-state index is 12.1. The predicted molar refractivity (Wildman–Crippen MR) is 91.0 cm³/mol. The molecule has 0 aliphatic carbocycles. The van der Waals surface area contributed by atoms with Crippen LogP contribution in [0.15, 0.2) is 62.8 Å². The van der Waals surface area contributed by atoms with Crippen LogP contribution in [-0.2, 0) is 15.8 Å². The van der Waals surface area contributed by atoms with Gasteiger partial charge in [-0.15, -0.1) is 11.8 Å². The predicted octanol–water partition coefficient (Wildman–Crippen LogP) is 3.99. The molecule has 2 rings (SSSR count). The highest BCUT2D eigenvalue weighted by Gasteiger charge is 2.17. The Kier molecular flexibility index (Phi) is 5.48. The molecule has 0 fully saturated rings. The number of sulfonamides is 1. The lowest BCUT2D eigenvalue weighted by molar-refractivity contribution is 0.520. The lowest BCUT2D eigenvalue weighted by Crippen LogP contribution is -2.22. The summed E-state index contributed by atoms with van der Waals surface area (Å²) in [5.41, 5.74) is 0.985. The Hall–Kier alpha value is -0.820. The van der Waals surface area contributed by atoms with Crippen molar-refractivity contribution in [3.8, 4) is 0 Å². The van der Waals surface area contributed by atoms with Gasteiger partial charge in [0.1, 0.15) is 0 Å². The summed E-state index contributed by atoms with van der Waals surface area (Å²) in [4.78, 5) is 1.47. The molecule has 112 valence electrons. The van der Waals surface area contributed by atoms with E-state index in [1.165, 1.54) is 18.4 Å². The molecule has 3 nitrogen and oxygen atoms in total. The second-order valence-electron chi connectivity index (χ2n) is 4.65. The molecule has 0 bridgehead atoms. The third-order valence-corrected chi connectivity index (χ3v) is 6.82. The standard InChI is InChI=1S/C15H16BrNO2S2/c1-17(2)21(18,19)13-7-5-6-12(10-13)11-20-15-9-4-3-8-14(15)16/h3-10H,11H2,1-2H3. The average molecular weight is 386 g/mol. The summed E-state index contributed by atoms with van der Waals surface area (Å²) in [5.74, 6) is 0.722. The molecule has 0 spiro atoms. The Bertz CT molecular complexity index is 730. The van der Waals surface area contributed by atoms with Crippen LogP contribution in [0.2, 0.25) is 0 Å². The van der Waals surface area contributed by atoms with Gasteiger partial charge in [0.05, 0.1) is 4.90 Å². The summed E-state index contributed by atoms with van der Waals surface area (Å²) >= 11 is 5.18. The highest BCUT2D eigenvalue weighted by Crippen LogP contribution is 2.30. The van der Waals surface area contributed by atoms with Crippen LogP contribution in [-0.4, -0.2) is 26.8 Å². The number of hydrogen-bond acceptors (Lipinski definition) is 3. The quantitative estimate of drug-likeness (QED) is 0.730. The van der Waals surface area contributed by atoms with E-state index in [1.54, 1.807) is 30.0 Å². The van der Waals surface area contributed by atoms with Gasteiger partial charge in [-0.2, -0.15) is 0 Å². The van der Waals surface area contributed by atoms with E-state index in [-0.39, 0.29) is 0 Å². The number of hydrogen-bond donors (Lipinski definition) is 0. The van der Waals surface area contributed by atoms with Crippen molar-refractivity contribution < 1.29 is 8.42 Å². The fourth-order valence-electron chi connectivity index (χ4n) is 1.73. The van der Waals surface area contributed by atoms with Crippen molar-refractivity contribution in [2.75, 3.05) is 14.1 Å². The van der Waals surface area contributed by atoms with Crippen molar-refractivity contribution in [1.29, 1.82) is 0 Å². The number of halogens is 1. The summed E-state index contributed by atoms with van der Waals surface area (Å²) < 4.78 is 26.5. The van der Waals surface area contributed by atoms with Gasteiger partial charge in [-0.3, -0.25) is 0 Å². The first-order chi connectivity index (χ1) is 9.91. The summed E-state index contributed by atoms with van der Waals surface area (Å²) in [6.45, 7) is 0. The van der Waals surface area contributed by atoms with Crippen LogP contribution in [0.1, 0.15) is 5.56 Å². The molecule has 0 unspecified atom stereocenters. The molecule has 0 saturated carbocycles. The van der Waals surface area contributed by atoms with Crippen molar-refractivity contribution in [2.24, 2.45) is 0 Å². The van der Waals surface area contributed by atoms with Gasteiger partial charge in [-0.25, -0.2) is 12.7 Å². The molecule has 0 saturated heterocycles. The van der Waals surface area contributed by atoms with Crippen LogP contribution in [0.5, 0.6) is 0 Å². The topological polar surface area (TPSA) is 37.4 Å². The monoisotopic (exact) mass is 385 g/mol. The molecule has 6 heteroatoms. The van der Waals surface area contributed by atoms with E-state index in [0.29, 0.717) is 4.90 Å². The fourth-order valence-corrected chi connectivity index (χ4v) is 4.21. The molecule has 2 aromatic carbocycles. The minimum atomic E-state index is -3.38. The van der Waals surface area contributed by atoms with Crippen molar-refractivity contribution >= 4 is 37.7 Å². The summed E-state index contributed by atoms with van der Waals surface area (Å²) in [5, 5.41) is 0. The third-order valence-electron chi connectivity index (χ3n) is 2.91. The summed E-state index contributed by atoms with van der Waals surface area (Å²) in [6, 6.07) is 15.1. The van der Waals surface area contributed by atoms with E-state index >= 15 is 0 Å². The molecule has 0 atom stereocenters. The van der Waals surface area contributed by atoms with Crippen LogP contribution in [0, 0.1) is 0 Å². The van der Waals surface area contributed by atoms with E-state index < -0.39 is 10.0 Å². The zero-order chi connectivity index (χ0) is 15.5. The van der Waals surface area contributed by atoms with Crippen LogP contribution < -0.4 is 0 Å². The van der Waals surface area contributed by atoms with Crippen LogP contribution in [0.3, 0.4) is 0 Å². The molecule has 21 heavy (non-hydrogen) atoms. The number of nitrogens with zero attached hydrogens (tertiary/aromatic N) is 1. The minimum Gasteiger partial charge on any atom is -0.207 e. The normalized spacial score (nSPS) is 11.8. The SMILES string of the molecule is CN(C)S(=O)(=O)c1cccc(CSc2ccccc2Br)c1. The molecule has 2 aromatic rings. The second kappa shape index (κ2) is 6.96. The number of thioether (sulfide) groups is 1. The molecule has 0 aliphatic heterocycles. The van der Waals surface area contributed by atoms with Gasteiger partial charge in [-0.05, 0) is 45.8 Å². The van der Waals surface area contributed by atoms with Crippen molar-refractivity contribution in [2.45, 2.75) is 15.5 Å². The first kappa shape index (κ1) is 16.5. The van der Waals surface area contributed by atoms with Crippen molar-refractivity contribution in [3.63, 3.8) is 0 Å². The van der Waals surface area contributed by atoms with Gasteiger partial charge in [0.25, 0.3) is 0 Å². The largest absolute Gasteiger partial charge is 0.242 e. The third kappa shape index (κ3) is 4.10. The van der Waals surface area contributed by atoms with Crippen molar-refractivity contribution in [1.82, 2.24) is 4.31 Å². The zero-order valence-corrected chi connectivity index (χ0v) is 15.0. The highest BCUT2D eigenvalue weighted by molar-refractivity contribution is 9.10. The van der Waals surface area contributed by atoms with E-state index in [4.69, 9.17) is 0 Å². The minimum absolute atomic E-state index is 0.331. The Morgan fingerprint density at radius 2 is 1.81 bits per heavy atom. The summed E-state index contributed by atoms with van der Waals surface area (Å²) in [7, 11) is -0.297. The molecular weight excluding hydrogens is 370 g/mol. The Balaban J connectivity index is 2.18. The smallest absolute Gasteiger partial charge is 0.207 e. The van der Waals surface area contributed by atoms with Gasteiger partial charge in [0.15, 0.2) is 0 Å². The number of rotatable bonds is 5. The van der Waals surface area contributed by atoms with E-state index in [9.17, 15) is 8.42 Å². The maximum absolute atomic E-state index is 12.1. The number of benzene rings is 2. The molecule has 0 N–H and O–H groups in total. The van der Waals surface area contributed by atoms with Crippen LogP contribution >= 0.6 is 27.7 Å². The molecule has 0 aromatic heterocycles. The Labute approximate surface area is 138 Å². The first-order valence-corrected chi connectivity index (χ1v) is 9.52. The lowest BCUT2D eigenvalue weighted by atomic mass is 10.2. The van der Waals surface area contributed by atoms with Gasteiger partial charge < -0.3 is 0 Å². The molecule has 0 amide bonds. The highest BCUT2D eigenvalue weighted by atomic mass is 79.9. The second-order valence-corrected chi connectivity index (χ2v) is 8.68.